The minimum absolute atomic E-state index is 0.0215. The van der Waals surface area contributed by atoms with E-state index >= 15 is 0 Å². The summed E-state index contributed by atoms with van der Waals surface area (Å²) < 4.78 is 2.04. The van der Waals surface area contributed by atoms with Gasteiger partial charge in [0.15, 0.2) is 0 Å². The molecule has 2 aromatic rings. The van der Waals surface area contributed by atoms with Crippen LogP contribution in [0.5, 0.6) is 0 Å². The first-order valence-electron chi connectivity index (χ1n) is 9.67. The van der Waals surface area contributed by atoms with E-state index in [1.54, 1.807) is 0 Å². The molecule has 1 aliphatic carbocycles. The number of benzene rings is 1. The van der Waals surface area contributed by atoms with Crippen molar-refractivity contribution in [2.75, 3.05) is 13.6 Å². The maximum Gasteiger partial charge on any atom is 0.239 e. The summed E-state index contributed by atoms with van der Waals surface area (Å²) in [6, 6.07) is 9.73. The van der Waals surface area contributed by atoms with Crippen molar-refractivity contribution in [3.8, 4) is 0 Å². The maximum atomic E-state index is 12.6. The lowest BCUT2D eigenvalue weighted by Gasteiger charge is -2.28. The number of nitrogens with two attached hydrogens (primary N) is 1. The molecule has 5 heteroatoms. The van der Waals surface area contributed by atoms with Gasteiger partial charge < -0.3 is 15.2 Å². The standard InChI is InChI=1S/C21H30N4O/c1-24(13-17-8-4-2-5-9-17)21(26)20(22)12-19-15-25(16-23-19)14-18-10-6-3-7-11-18/h3,6-7,10-11,15-17,20H,2,4-5,8-9,12-14,22H2,1H3/t20-/m0/s1. The summed E-state index contributed by atoms with van der Waals surface area (Å²) in [7, 11) is 1.88. The largest absolute Gasteiger partial charge is 0.344 e. The van der Waals surface area contributed by atoms with Crippen molar-refractivity contribution in [3.05, 3.63) is 54.1 Å². The van der Waals surface area contributed by atoms with Crippen LogP contribution in [0.2, 0.25) is 0 Å². The van der Waals surface area contributed by atoms with Crippen molar-refractivity contribution in [2.45, 2.75) is 51.1 Å². The van der Waals surface area contributed by atoms with Gasteiger partial charge >= 0.3 is 0 Å². The normalized spacial score (nSPS) is 16.4. The van der Waals surface area contributed by atoms with Gasteiger partial charge in [-0.3, -0.25) is 4.79 Å². The van der Waals surface area contributed by atoms with Crippen LogP contribution in [0.15, 0.2) is 42.9 Å². The van der Waals surface area contributed by atoms with Gasteiger partial charge in [0.2, 0.25) is 5.91 Å². The van der Waals surface area contributed by atoms with Gasteiger partial charge in [0, 0.05) is 32.8 Å². The number of amides is 1. The van der Waals surface area contributed by atoms with E-state index in [4.69, 9.17) is 5.73 Å². The van der Waals surface area contributed by atoms with Crippen LogP contribution < -0.4 is 5.73 Å². The van der Waals surface area contributed by atoms with Crippen molar-refractivity contribution in [3.63, 3.8) is 0 Å². The molecule has 1 saturated carbocycles. The zero-order valence-corrected chi connectivity index (χ0v) is 15.7. The van der Waals surface area contributed by atoms with Crippen LogP contribution in [-0.4, -0.2) is 40.0 Å². The first kappa shape index (κ1) is 18.6. The van der Waals surface area contributed by atoms with E-state index in [1.165, 1.54) is 37.7 Å². The molecule has 1 aromatic carbocycles. The average Bonchev–Trinajstić information content (AvgIpc) is 3.09. The molecule has 0 saturated heterocycles. The monoisotopic (exact) mass is 354 g/mol. The summed E-state index contributed by atoms with van der Waals surface area (Å²) in [6.45, 7) is 1.60. The van der Waals surface area contributed by atoms with Gasteiger partial charge in [-0.2, -0.15) is 0 Å². The van der Waals surface area contributed by atoms with E-state index in [2.05, 4.69) is 17.1 Å². The van der Waals surface area contributed by atoms with E-state index in [1.807, 2.05) is 47.2 Å². The molecule has 1 heterocycles. The average molecular weight is 354 g/mol. The molecular formula is C21H30N4O. The summed E-state index contributed by atoms with van der Waals surface area (Å²) in [6.07, 6.45) is 10.7. The Hall–Kier alpha value is -2.14. The zero-order chi connectivity index (χ0) is 18.4. The lowest BCUT2D eigenvalue weighted by Crippen LogP contribution is -2.45. The molecule has 0 bridgehead atoms. The lowest BCUT2D eigenvalue weighted by atomic mass is 9.89. The van der Waals surface area contributed by atoms with Gasteiger partial charge in [0.25, 0.3) is 0 Å². The molecule has 1 aromatic heterocycles. The Morgan fingerprint density at radius 3 is 2.73 bits per heavy atom. The van der Waals surface area contributed by atoms with Crippen LogP contribution in [0.3, 0.4) is 0 Å². The van der Waals surface area contributed by atoms with E-state index in [0.29, 0.717) is 12.3 Å². The molecule has 1 aliphatic rings. The molecular weight excluding hydrogens is 324 g/mol. The van der Waals surface area contributed by atoms with E-state index in [9.17, 15) is 4.79 Å². The Kier molecular flexibility index (Phi) is 6.45. The van der Waals surface area contributed by atoms with Crippen molar-refractivity contribution in [1.29, 1.82) is 0 Å². The smallest absolute Gasteiger partial charge is 0.239 e. The molecule has 1 atom stereocenters. The van der Waals surface area contributed by atoms with Crippen LogP contribution in [0, 0.1) is 5.92 Å². The topological polar surface area (TPSA) is 64.2 Å². The molecule has 0 unspecified atom stereocenters. The van der Waals surface area contributed by atoms with Gasteiger partial charge in [-0.25, -0.2) is 4.98 Å². The number of hydrogen-bond acceptors (Lipinski definition) is 3. The predicted octanol–water partition coefficient (Wildman–Crippen LogP) is 2.84. The van der Waals surface area contributed by atoms with Crippen molar-refractivity contribution in [1.82, 2.24) is 14.5 Å². The molecule has 5 nitrogen and oxygen atoms in total. The van der Waals surface area contributed by atoms with E-state index in [0.717, 1.165) is 18.8 Å². The van der Waals surface area contributed by atoms with Gasteiger partial charge in [-0.15, -0.1) is 0 Å². The van der Waals surface area contributed by atoms with Gasteiger partial charge in [-0.05, 0) is 24.3 Å². The summed E-state index contributed by atoms with van der Waals surface area (Å²) >= 11 is 0. The minimum Gasteiger partial charge on any atom is -0.344 e. The van der Waals surface area contributed by atoms with Crippen LogP contribution in [-0.2, 0) is 17.8 Å². The lowest BCUT2D eigenvalue weighted by molar-refractivity contribution is -0.132. The number of likely N-dealkylation sites (N-methyl/N-ethyl adjacent to an activating group) is 1. The number of carbonyl (C=O) groups excluding carboxylic acids is 1. The first-order chi connectivity index (χ1) is 12.6. The highest BCUT2D eigenvalue weighted by molar-refractivity contribution is 5.81. The number of nitrogens with zero attached hydrogens (tertiary/aromatic N) is 3. The second kappa shape index (κ2) is 8.99. The summed E-state index contributed by atoms with van der Waals surface area (Å²) in [5, 5.41) is 0. The Balaban J connectivity index is 1.50. The third-order valence-corrected chi connectivity index (χ3v) is 5.27. The Bertz CT molecular complexity index is 691. The molecule has 1 amide bonds. The van der Waals surface area contributed by atoms with Crippen LogP contribution in [0.25, 0.3) is 0 Å². The highest BCUT2D eigenvalue weighted by Crippen LogP contribution is 2.24. The number of rotatable bonds is 7. The summed E-state index contributed by atoms with van der Waals surface area (Å²) in [4.78, 5) is 18.8. The number of aromatic nitrogens is 2. The molecule has 26 heavy (non-hydrogen) atoms. The number of imidazole rings is 1. The van der Waals surface area contributed by atoms with E-state index in [-0.39, 0.29) is 5.91 Å². The molecule has 0 radical (unpaired) electrons. The minimum atomic E-state index is -0.524. The van der Waals surface area contributed by atoms with Crippen LogP contribution in [0.4, 0.5) is 0 Å². The Morgan fingerprint density at radius 2 is 2.00 bits per heavy atom. The van der Waals surface area contributed by atoms with Crippen LogP contribution >= 0.6 is 0 Å². The number of hydrogen-bond donors (Lipinski definition) is 1. The second-order valence-electron chi connectivity index (χ2n) is 7.56. The molecule has 3 rings (SSSR count). The van der Waals surface area contributed by atoms with Gasteiger partial charge in [-0.1, -0.05) is 49.6 Å². The fourth-order valence-electron chi connectivity index (χ4n) is 3.84. The zero-order valence-electron chi connectivity index (χ0n) is 15.7. The third-order valence-electron chi connectivity index (χ3n) is 5.27. The fourth-order valence-corrected chi connectivity index (χ4v) is 3.84. The van der Waals surface area contributed by atoms with Crippen LogP contribution in [0.1, 0.15) is 43.4 Å². The number of carbonyl (C=O) groups is 1. The van der Waals surface area contributed by atoms with Crippen molar-refractivity contribution >= 4 is 5.91 Å². The van der Waals surface area contributed by atoms with E-state index < -0.39 is 6.04 Å². The highest BCUT2D eigenvalue weighted by atomic mass is 16.2. The van der Waals surface area contributed by atoms with Crippen molar-refractivity contribution in [2.24, 2.45) is 11.7 Å². The highest BCUT2D eigenvalue weighted by Gasteiger charge is 2.23. The maximum absolute atomic E-state index is 12.6. The molecule has 0 spiro atoms. The SMILES string of the molecule is CN(CC1CCCCC1)C(=O)[C@@H](N)Cc1cn(Cc2ccccc2)cn1. The van der Waals surface area contributed by atoms with Gasteiger partial charge in [0.1, 0.15) is 0 Å². The molecule has 0 aliphatic heterocycles. The second-order valence-corrected chi connectivity index (χ2v) is 7.56. The Morgan fingerprint density at radius 1 is 1.27 bits per heavy atom. The van der Waals surface area contributed by atoms with Gasteiger partial charge in [0.05, 0.1) is 18.1 Å². The molecule has 2 N–H and O–H groups in total. The Labute approximate surface area is 156 Å². The predicted molar refractivity (Wildman–Crippen MR) is 104 cm³/mol. The molecule has 1 fully saturated rings. The van der Waals surface area contributed by atoms with Crippen molar-refractivity contribution < 1.29 is 4.79 Å². The third kappa shape index (κ3) is 5.18. The fraction of sp³-hybridized carbons (Fsp3) is 0.524. The summed E-state index contributed by atoms with van der Waals surface area (Å²) in [5.74, 6) is 0.656. The summed E-state index contributed by atoms with van der Waals surface area (Å²) in [5.41, 5.74) is 8.27. The quantitative estimate of drug-likeness (QED) is 0.831. The first-order valence-corrected chi connectivity index (χ1v) is 9.67. The molecule has 140 valence electrons.